The number of carbonyl (C=O) groups is 1. The van der Waals surface area contributed by atoms with Gasteiger partial charge in [0.05, 0.1) is 18.7 Å². The van der Waals surface area contributed by atoms with E-state index in [2.05, 4.69) is 59.2 Å². The van der Waals surface area contributed by atoms with Crippen LogP contribution in [0.5, 0.6) is 0 Å². The summed E-state index contributed by atoms with van der Waals surface area (Å²) in [5, 5.41) is 0. The van der Waals surface area contributed by atoms with Crippen LogP contribution in [0.3, 0.4) is 0 Å². The highest BCUT2D eigenvalue weighted by molar-refractivity contribution is 6.09. The molecule has 154 valence electrons. The van der Waals surface area contributed by atoms with E-state index in [0.29, 0.717) is 6.54 Å². The molecule has 1 amide bonds. The van der Waals surface area contributed by atoms with E-state index in [4.69, 9.17) is 4.99 Å². The average molecular weight is 401 g/mol. The van der Waals surface area contributed by atoms with Gasteiger partial charge >= 0.3 is 0 Å². The van der Waals surface area contributed by atoms with Gasteiger partial charge in [0.1, 0.15) is 0 Å². The predicted molar refractivity (Wildman–Crippen MR) is 119 cm³/mol. The van der Waals surface area contributed by atoms with Crippen LogP contribution in [0.4, 0.5) is 0 Å². The number of hydrogen-bond donors (Lipinski definition) is 0. The van der Waals surface area contributed by atoms with E-state index in [0.717, 1.165) is 57.1 Å². The van der Waals surface area contributed by atoms with Crippen LogP contribution >= 0.6 is 0 Å². The maximum Gasteiger partial charge on any atom is 0.259 e. The Hall–Kier alpha value is -2.92. The number of guanidine groups is 1. The molecule has 5 nitrogen and oxygen atoms in total. The molecule has 0 aromatic heterocycles. The van der Waals surface area contributed by atoms with Crippen LogP contribution in [0, 0.1) is 6.92 Å². The molecule has 5 rings (SSSR count). The summed E-state index contributed by atoms with van der Waals surface area (Å²) in [5.74, 6) is 0.981. The number of carbonyl (C=O) groups excluding carboxylic acids is 1. The molecule has 2 aromatic rings. The van der Waals surface area contributed by atoms with Crippen LogP contribution in [-0.4, -0.2) is 59.3 Å². The Bertz CT molecular complexity index is 1010. The second kappa shape index (κ2) is 8.07. The molecule has 0 fully saturated rings. The maximum atomic E-state index is 13.6. The van der Waals surface area contributed by atoms with Crippen molar-refractivity contribution in [2.45, 2.75) is 26.3 Å². The summed E-state index contributed by atoms with van der Waals surface area (Å²) in [5.41, 5.74) is 5.91. The Morgan fingerprint density at radius 2 is 1.80 bits per heavy atom. The first kappa shape index (κ1) is 19.1. The molecule has 30 heavy (non-hydrogen) atoms. The van der Waals surface area contributed by atoms with Gasteiger partial charge in [-0.2, -0.15) is 0 Å². The van der Waals surface area contributed by atoms with Gasteiger partial charge in [-0.3, -0.25) is 19.6 Å². The van der Waals surface area contributed by atoms with Gasteiger partial charge < -0.3 is 4.90 Å². The molecule has 0 bridgehead atoms. The van der Waals surface area contributed by atoms with E-state index in [-0.39, 0.29) is 5.91 Å². The first-order chi connectivity index (χ1) is 14.7. The lowest BCUT2D eigenvalue weighted by Crippen LogP contribution is -2.54. The highest BCUT2D eigenvalue weighted by Crippen LogP contribution is 2.32. The van der Waals surface area contributed by atoms with Crippen molar-refractivity contribution >= 4 is 11.9 Å². The molecular weight excluding hydrogens is 372 g/mol. The molecule has 0 N–H and O–H groups in total. The normalized spacial score (nSPS) is 19.1. The van der Waals surface area contributed by atoms with Crippen LogP contribution in [0.2, 0.25) is 0 Å². The smallest absolute Gasteiger partial charge is 0.259 e. The molecule has 2 aromatic carbocycles. The minimum atomic E-state index is 0.134. The lowest BCUT2D eigenvalue weighted by molar-refractivity contribution is -0.125. The molecule has 0 unspecified atom stereocenters. The number of aryl methyl sites for hydroxylation is 1. The lowest BCUT2D eigenvalue weighted by atomic mass is 9.99. The van der Waals surface area contributed by atoms with Crippen molar-refractivity contribution in [2.24, 2.45) is 4.99 Å². The van der Waals surface area contributed by atoms with E-state index in [9.17, 15) is 4.79 Å². The second-order valence-electron chi connectivity index (χ2n) is 8.34. The van der Waals surface area contributed by atoms with Gasteiger partial charge in [-0.1, -0.05) is 54.6 Å². The average Bonchev–Trinajstić information content (AvgIpc) is 3.27. The zero-order chi connectivity index (χ0) is 20.5. The van der Waals surface area contributed by atoms with Gasteiger partial charge in [-0.25, -0.2) is 0 Å². The van der Waals surface area contributed by atoms with Crippen molar-refractivity contribution in [1.82, 2.24) is 14.7 Å². The third kappa shape index (κ3) is 3.54. The molecule has 5 heteroatoms. The van der Waals surface area contributed by atoms with Crippen molar-refractivity contribution < 1.29 is 4.79 Å². The van der Waals surface area contributed by atoms with Crippen LogP contribution in [-0.2, 0) is 17.8 Å². The number of rotatable bonds is 5. The molecule has 0 saturated carbocycles. The van der Waals surface area contributed by atoms with Gasteiger partial charge in [0.25, 0.3) is 5.91 Å². The predicted octanol–water partition coefficient (Wildman–Crippen LogP) is 3.21. The minimum Gasteiger partial charge on any atom is -0.314 e. The standard InChI is InChI=1S/C25H28N4O/c1-19-7-5-6-10-21(19)17-29-24(30)22-18-27(14-11-20-8-3-2-4-9-20)15-12-23(22)28-16-13-26-25(28)29/h2-10H,11-18H2,1H3. The molecule has 0 radical (unpaired) electrons. The highest BCUT2D eigenvalue weighted by Gasteiger charge is 2.40. The van der Waals surface area contributed by atoms with Crippen LogP contribution in [0.1, 0.15) is 23.1 Å². The van der Waals surface area contributed by atoms with Gasteiger partial charge in [0.15, 0.2) is 0 Å². The number of nitrogens with zero attached hydrogens (tertiary/aromatic N) is 4. The van der Waals surface area contributed by atoms with Crippen molar-refractivity contribution in [3.05, 3.63) is 82.6 Å². The Kier molecular flexibility index (Phi) is 5.13. The number of aliphatic imine (C=N–C) groups is 1. The fraction of sp³-hybridized carbons (Fsp3) is 0.360. The van der Waals surface area contributed by atoms with Crippen LogP contribution in [0.25, 0.3) is 0 Å². The Balaban J connectivity index is 1.36. The molecule has 0 aliphatic carbocycles. The van der Waals surface area contributed by atoms with E-state index >= 15 is 0 Å². The molecule has 0 spiro atoms. The van der Waals surface area contributed by atoms with Crippen LogP contribution in [0.15, 0.2) is 70.9 Å². The largest absolute Gasteiger partial charge is 0.314 e. The molecule has 3 aliphatic heterocycles. The molecule has 3 heterocycles. The summed E-state index contributed by atoms with van der Waals surface area (Å²) in [4.78, 5) is 24.9. The van der Waals surface area contributed by atoms with Crippen molar-refractivity contribution in [2.75, 3.05) is 32.7 Å². The lowest BCUT2D eigenvalue weighted by Gasteiger charge is -2.42. The van der Waals surface area contributed by atoms with Crippen molar-refractivity contribution in [3.63, 3.8) is 0 Å². The Morgan fingerprint density at radius 1 is 1.00 bits per heavy atom. The summed E-state index contributed by atoms with van der Waals surface area (Å²) < 4.78 is 0. The quantitative estimate of drug-likeness (QED) is 0.774. The number of fused-ring (bicyclic) bond motifs is 2. The molecule has 3 aliphatic rings. The summed E-state index contributed by atoms with van der Waals surface area (Å²) in [6.45, 7) is 7.05. The third-order valence-corrected chi connectivity index (χ3v) is 6.43. The van der Waals surface area contributed by atoms with E-state index in [1.165, 1.54) is 22.4 Å². The first-order valence-corrected chi connectivity index (χ1v) is 10.9. The second-order valence-corrected chi connectivity index (χ2v) is 8.34. The van der Waals surface area contributed by atoms with Gasteiger partial charge in [-0.15, -0.1) is 0 Å². The fourth-order valence-corrected chi connectivity index (χ4v) is 4.70. The molecular formula is C25H28N4O. The van der Waals surface area contributed by atoms with Crippen LogP contribution < -0.4 is 0 Å². The monoisotopic (exact) mass is 400 g/mol. The Labute approximate surface area is 178 Å². The van der Waals surface area contributed by atoms with Gasteiger partial charge in [0.2, 0.25) is 5.96 Å². The Morgan fingerprint density at radius 3 is 2.63 bits per heavy atom. The van der Waals surface area contributed by atoms with E-state index in [1.54, 1.807) is 0 Å². The molecule has 0 atom stereocenters. The SMILES string of the molecule is Cc1ccccc1CN1C(=O)C2=C(CCN(CCc3ccccc3)C2)N2CCN=C12. The maximum absolute atomic E-state index is 13.6. The van der Waals surface area contributed by atoms with Crippen molar-refractivity contribution in [1.29, 1.82) is 0 Å². The minimum absolute atomic E-state index is 0.134. The first-order valence-electron chi connectivity index (χ1n) is 10.9. The highest BCUT2D eigenvalue weighted by atomic mass is 16.2. The van der Waals surface area contributed by atoms with Gasteiger partial charge in [-0.05, 0) is 30.0 Å². The third-order valence-electron chi connectivity index (χ3n) is 6.43. The summed E-state index contributed by atoms with van der Waals surface area (Å²) in [7, 11) is 0. The van der Waals surface area contributed by atoms with E-state index in [1.807, 2.05) is 17.0 Å². The topological polar surface area (TPSA) is 39.2 Å². The fourth-order valence-electron chi connectivity index (χ4n) is 4.70. The summed E-state index contributed by atoms with van der Waals surface area (Å²) in [6, 6.07) is 18.9. The number of amides is 1. The molecule has 0 saturated heterocycles. The van der Waals surface area contributed by atoms with Gasteiger partial charge in [0, 0.05) is 38.3 Å². The van der Waals surface area contributed by atoms with Crippen molar-refractivity contribution in [3.8, 4) is 0 Å². The number of benzene rings is 2. The number of hydrogen-bond acceptors (Lipinski definition) is 4. The summed E-state index contributed by atoms with van der Waals surface area (Å²) in [6.07, 6.45) is 1.94. The van der Waals surface area contributed by atoms with E-state index < -0.39 is 0 Å². The zero-order valence-corrected chi connectivity index (χ0v) is 17.6. The zero-order valence-electron chi connectivity index (χ0n) is 17.6. The summed E-state index contributed by atoms with van der Waals surface area (Å²) >= 11 is 0.